The molecule has 6 rings (SSSR count). The van der Waals surface area contributed by atoms with Gasteiger partial charge in [-0.1, -0.05) is 12.1 Å². The van der Waals surface area contributed by atoms with Crippen molar-refractivity contribution in [2.75, 3.05) is 38.1 Å². The highest BCUT2D eigenvalue weighted by atomic mass is 19.4. The number of aromatic nitrogens is 5. The number of benzene rings is 3. The number of halogens is 3. The molecular formula is C33H28F3N7O6. The molecule has 0 fully saturated rings. The summed E-state index contributed by atoms with van der Waals surface area (Å²) >= 11 is 0. The van der Waals surface area contributed by atoms with Gasteiger partial charge in [0.1, 0.15) is 12.4 Å². The molecule has 0 saturated heterocycles. The number of fused-ring (bicyclic) bond motifs is 2. The number of methoxy groups -OCH3 is 2. The van der Waals surface area contributed by atoms with Crippen LogP contribution in [0, 0.1) is 0 Å². The molecular weight excluding hydrogens is 647 g/mol. The van der Waals surface area contributed by atoms with Crippen LogP contribution in [-0.2, 0) is 9.53 Å². The number of H-pyrrole nitrogens is 1. The number of carbonyl (C=O) groups excluding carboxylic acids is 1. The summed E-state index contributed by atoms with van der Waals surface area (Å²) in [5.74, 6) is -0.905. The Kier molecular flexibility index (Phi) is 10.5. The number of carboxylic acid groups (broad SMARTS) is 1. The van der Waals surface area contributed by atoms with Gasteiger partial charge >= 0.3 is 12.1 Å². The van der Waals surface area contributed by atoms with Gasteiger partial charge in [-0.3, -0.25) is 14.9 Å². The second kappa shape index (κ2) is 15.1. The molecule has 0 spiro atoms. The fourth-order valence-corrected chi connectivity index (χ4v) is 4.46. The number of nitrogens with zero attached hydrogens (tertiary/aromatic N) is 4. The molecule has 0 aliphatic rings. The van der Waals surface area contributed by atoms with Crippen LogP contribution >= 0.6 is 0 Å². The summed E-state index contributed by atoms with van der Waals surface area (Å²) in [7, 11) is 3.20. The van der Waals surface area contributed by atoms with Gasteiger partial charge in [0.25, 0.3) is 5.91 Å². The molecule has 252 valence electrons. The van der Waals surface area contributed by atoms with Crippen LogP contribution in [0.3, 0.4) is 0 Å². The van der Waals surface area contributed by atoms with Crippen LogP contribution in [-0.4, -0.2) is 75.7 Å². The molecule has 0 bridgehead atoms. The van der Waals surface area contributed by atoms with Crippen molar-refractivity contribution in [3.8, 4) is 22.9 Å². The summed E-state index contributed by atoms with van der Waals surface area (Å²) in [4.78, 5) is 35.4. The van der Waals surface area contributed by atoms with E-state index in [9.17, 15) is 18.0 Å². The zero-order valence-corrected chi connectivity index (χ0v) is 25.9. The van der Waals surface area contributed by atoms with E-state index >= 15 is 0 Å². The Morgan fingerprint density at radius 1 is 0.918 bits per heavy atom. The van der Waals surface area contributed by atoms with Crippen molar-refractivity contribution in [1.82, 2.24) is 25.1 Å². The van der Waals surface area contributed by atoms with Gasteiger partial charge < -0.3 is 30.0 Å². The van der Waals surface area contributed by atoms with Gasteiger partial charge in [-0.15, -0.1) is 0 Å². The maximum atomic E-state index is 12.7. The number of hydrogen-bond donors (Lipinski definition) is 4. The average molecular weight is 676 g/mol. The minimum Gasteiger partial charge on any atom is -0.493 e. The van der Waals surface area contributed by atoms with Crippen molar-refractivity contribution in [2.24, 2.45) is 0 Å². The number of aromatic amines is 1. The van der Waals surface area contributed by atoms with Gasteiger partial charge in [0.05, 0.1) is 36.5 Å². The predicted octanol–water partition coefficient (Wildman–Crippen LogP) is 6.23. The van der Waals surface area contributed by atoms with Crippen LogP contribution in [0.1, 0.15) is 10.4 Å². The average Bonchev–Trinajstić information content (AvgIpc) is 3.56. The second-order valence-electron chi connectivity index (χ2n) is 10.1. The van der Waals surface area contributed by atoms with Crippen LogP contribution < -0.4 is 20.1 Å². The van der Waals surface area contributed by atoms with E-state index in [0.717, 1.165) is 22.0 Å². The number of ether oxygens (including phenoxy) is 3. The number of carboxylic acids is 1. The van der Waals surface area contributed by atoms with E-state index < -0.39 is 12.1 Å². The van der Waals surface area contributed by atoms with E-state index in [4.69, 9.17) is 34.1 Å². The lowest BCUT2D eigenvalue weighted by atomic mass is 10.1. The normalized spacial score (nSPS) is 11.0. The first-order valence-corrected chi connectivity index (χ1v) is 14.4. The van der Waals surface area contributed by atoms with E-state index in [1.54, 1.807) is 38.7 Å². The van der Waals surface area contributed by atoms with E-state index in [1.165, 1.54) is 6.20 Å². The first kappa shape index (κ1) is 34.1. The largest absolute Gasteiger partial charge is 0.493 e. The minimum absolute atomic E-state index is 0.262. The molecule has 1 amide bonds. The molecule has 3 aromatic carbocycles. The van der Waals surface area contributed by atoms with Gasteiger partial charge in [0.15, 0.2) is 17.3 Å². The Bertz CT molecular complexity index is 2090. The Labute approximate surface area is 276 Å². The number of rotatable bonds is 10. The number of carbonyl (C=O) groups is 2. The number of anilines is 3. The summed E-state index contributed by atoms with van der Waals surface area (Å²) in [6.45, 7) is 0.787. The second-order valence-corrected chi connectivity index (χ2v) is 10.1. The molecule has 4 N–H and O–H groups in total. The maximum Gasteiger partial charge on any atom is 0.490 e. The van der Waals surface area contributed by atoms with Gasteiger partial charge in [0, 0.05) is 53.3 Å². The van der Waals surface area contributed by atoms with Gasteiger partial charge in [-0.05, 0) is 48.5 Å². The van der Waals surface area contributed by atoms with E-state index in [0.29, 0.717) is 58.7 Å². The van der Waals surface area contributed by atoms with Crippen LogP contribution in [0.5, 0.6) is 11.5 Å². The molecule has 16 heteroatoms. The molecule has 0 atom stereocenters. The zero-order valence-electron chi connectivity index (χ0n) is 25.9. The smallest absolute Gasteiger partial charge is 0.490 e. The van der Waals surface area contributed by atoms with E-state index in [1.807, 2.05) is 54.6 Å². The molecule has 13 nitrogen and oxygen atoms in total. The third kappa shape index (κ3) is 8.55. The number of alkyl halides is 3. The highest BCUT2D eigenvalue weighted by Gasteiger charge is 2.38. The monoisotopic (exact) mass is 675 g/mol. The van der Waals surface area contributed by atoms with Gasteiger partial charge in [-0.2, -0.15) is 18.3 Å². The third-order valence-corrected chi connectivity index (χ3v) is 6.77. The lowest BCUT2D eigenvalue weighted by Crippen LogP contribution is -2.21. The van der Waals surface area contributed by atoms with Crippen LogP contribution in [0.2, 0.25) is 0 Å². The summed E-state index contributed by atoms with van der Waals surface area (Å²) in [5.41, 5.74) is 4.18. The lowest BCUT2D eigenvalue weighted by molar-refractivity contribution is -0.192. The van der Waals surface area contributed by atoms with Crippen molar-refractivity contribution in [3.63, 3.8) is 0 Å². The fourth-order valence-electron chi connectivity index (χ4n) is 4.46. The summed E-state index contributed by atoms with van der Waals surface area (Å²) in [6, 6.07) is 20.4. The van der Waals surface area contributed by atoms with Gasteiger partial charge in [0.2, 0.25) is 0 Å². The summed E-state index contributed by atoms with van der Waals surface area (Å²) < 4.78 is 48.4. The summed E-state index contributed by atoms with van der Waals surface area (Å²) in [5, 5.41) is 22.3. The molecule has 3 heterocycles. The summed E-state index contributed by atoms with van der Waals surface area (Å²) in [6.07, 6.45) is -0.177. The van der Waals surface area contributed by atoms with Crippen LogP contribution in [0.25, 0.3) is 33.2 Å². The molecule has 0 radical (unpaired) electrons. The van der Waals surface area contributed by atoms with Crippen molar-refractivity contribution < 1.29 is 42.1 Å². The first-order valence-electron chi connectivity index (χ1n) is 14.4. The predicted molar refractivity (Wildman–Crippen MR) is 174 cm³/mol. The number of aliphatic carboxylic acids is 1. The molecule has 0 aliphatic heterocycles. The van der Waals surface area contributed by atoms with Crippen molar-refractivity contribution >= 4 is 50.9 Å². The Balaban J connectivity index is 0.000000606. The van der Waals surface area contributed by atoms with Crippen molar-refractivity contribution in [3.05, 3.63) is 90.9 Å². The Morgan fingerprint density at radius 3 is 2.45 bits per heavy atom. The van der Waals surface area contributed by atoms with Crippen LogP contribution in [0.15, 0.2) is 85.3 Å². The number of pyridine rings is 1. The highest BCUT2D eigenvalue weighted by Crippen LogP contribution is 2.37. The topological polar surface area (TPSA) is 173 Å². The molecule has 49 heavy (non-hydrogen) atoms. The molecule has 0 saturated carbocycles. The van der Waals surface area contributed by atoms with E-state index in [2.05, 4.69) is 25.8 Å². The highest BCUT2D eigenvalue weighted by molar-refractivity contribution is 6.04. The Morgan fingerprint density at radius 2 is 1.73 bits per heavy atom. The molecule has 6 aromatic rings. The standard InChI is InChI=1S/C31H27N7O4.C2HF3O2/c1-40-11-12-42-28-15-24-26(16-27(28)41-2)36-29(37-30(24)34-23-8-9-25-21(14-23)18-33-38-25)19-5-3-7-22(13-19)35-31(39)20-6-4-10-32-17-20;3-2(4,5)1(6)7/h3-10,13-18H,11-12H2,1-2H3,(H,33,38)(H,35,39)(H,34,36,37);(H,6,7). The molecule has 3 aromatic heterocycles. The number of amides is 1. The third-order valence-electron chi connectivity index (χ3n) is 6.77. The number of hydrogen-bond acceptors (Lipinski definition) is 10. The first-order chi connectivity index (χ1) is 23.5. The zero-order chi connectivity index (χ0) is 35.0. The number of nitrogens with one attached hydrogen (secondary N) is 3. The van der Waals surface area contributed by atoms with Gasteiger partial charge in [-0.25, -0.2) is 14.8 Å². The van der Waals surface area contributed by atoms with E-state index in [-0.39, 0.29) is 5.91 Å². The van der Waals surface area contributed by atoms with Crippen molar-refractivity contribution in [1.29, 1.82) is 0 Å². The fraction of sp³-hybridized carbons (Fsp3) is 0.152. The molecule has 0 unspecified atom stereocenters. The quantitative estimate of drug-likeness (QED) is 0.121. The lowest BCUT2D eigenvalue weighted by Gasteiger charge is -2.15. The Hall–Kier alpha value is -6.29. The maximum absolute atomic E-state index is 12.7. The molecule has 0 aliphatic carbocycles. The van der Waals surface area contributed by atoms with Crippen molar-refractivity contribution in [2.45, 2.75) is 6.18 Å². The minimum atomic E-state index is -5.08. The SMILES string of the molecule is COCCOc1cc2c(Nc3ccc4[nH]ncc4c3)nc(-c3cccc(NC(=O)c4cccnc4)c3)nc2cc1OC.O=C(O)C(F)(F)F. The van der Waals surface area contributed by atoms with Crippen LogP contribution in [0.4, 0.5) is 30.4 Å².